The highest BCUT2D eigenvalue weighted by Gasteiger charge is 2.28. The molecule has 0 saturated heterocycles. The first-order valence-electron chi connectivity index (χ1n) is 22.7. The summed E-state index contributed by atoms with van der Waals surface area (Å²) in [6.07, 6.45) is 44.9. The number of thioether (sulfide) groups is 1. The lowest BCUT2D eigenvalue weighted by Crippen LogP contribution is -2.40. The maximum Gasteiger partial charge on any atom is 0.472 e. The van der Waals surface area contributed by atoms with Crippen molar-refractivity contribution < 1.29 is 52.6 Å². The molecule has 0 amide bonds. The van der Waals surface area contributed by atoms with Crippen LogP contribution in [-0.4, -0.2) is 88.6 Å². The van der Waals surface area contributed by atoms with E-state index in [1.54, 1.807) is 12.2 Å². The molecule has 0 aliphatic rings. The van der Waals surface area contributed by atoms with Gasteiger partial charge < -0.3 is 36.0 Å². The van der Waals surface area contributed by atoms with Gasteiger partial charge in [-0.3, -0.25) is 23.4 Å². The van der Waals surface area contributed by atoms with Crippen molar-refractivity contribution in [2.75, 3.05) is 32.1 Å². The molecule has 7 N–H and O–H groups in total. The van der Waals surface area contributed by atoms with Crippen molar-refractivity contribution in [2.24, 2.45) is 11.5 Å². The number of ether oxygens (including phenoxy) is 2. The predicted octanol–water partition coefficient (Wildman–Crippen LogP) is 9.92. The number of aliphatic hydroxyl groups is 1. The fourth-order valence-corrected chi connectivity index (χ4v) is 7.29. The third kappa shape index (κ3) is 40.0. The molecule has 0 saturated carbocycles. The monoisotopic (exact) mass is 923 g/mol. The molecule has 5 atom stereocenters. The number of carbonyl (C=O) groups is 3. The average molecular weight is 923 g/mol. The molecule has 0 spiro atoms. The summed E-state index contributed by atoms with van der Waals surface area (Å²) in [6.45, 7) is 3.00. The highest BCUT2D eigenvalue weighted by Crippen LogP contribution is 2.43. The van der Waals surface area contributed by atoms with E-state index < -0.39 is 62.4 Å². The van der Waals surface area contributed by atoms with Crippen LogP contribution in [0.1, 0.15) is 129 Å². The van der Waals surface area contributed by atoms with Gasteiger partial charge in [-0.15, -0.1) is 11.8 Å². The van der Waals surface area contributed by atoms with Crippen LogP contribution in [0.4, 0.5) is 0 Å². The summed E-state index contributed by atoms with van der Waals surface area (Å²) in [5.41, 5.74) is 11.5. The fraction of sp³-hybridized carbons (Fsp3) is 0.604. The SMILES string of the molecule is CCCCC/C=C\C\C=C/C=C/C=C/[C@@H](SC[C@H](N)C(=O)O[C@H](COC(=O)CCC/C=C\C/C=C\C/C=C\C/C=C\CCCCC)COP(=O)(O)OCCN)[C@@H](O)CCCC(=O)O. The topological polar surface area (TPSA) is 218 Å². The predicted molar refractivity (Wildman–Crippen MR) is 257 cm³/mol. The van der Waals surface area contributed by atoms with Gasteiger partial charge in [0.2, 0.25) is 0 Å². The summed E-state index contributed by atoms with van der Waals surface area (Å²) in [5.74, 6) is -2.41. The Morgan fingerprint density at radius 1 is 0.698 bits per heavy atom. The summed E-state index contributed by atoms with van der Waals surface area (Å²) in [4.78, 5) is 46.7. The molecule has 0 aliphatic heterocycles. The third-order valence-corrected chi connectivity index (χ3v) is 11.3. The van der Waals surface area contributed by atoms with Crippen LogP contribution in [0.3, 0.4) is 0 Å². The van der Waals surface area contributed by atoms with Crippen molar-refractivity contribution in [1.29, 1.82) is 0 Å². The van der Waals surface area contributed by atoms with Gasteiger partial charge in [0, 0.05) is 30.4 Å². The fourth-order valence-electron chi connectivity index (χ4n) is 5.40. The van der Waals surface area contributed by atoms with E-state index in [-0.39, 0.29) is 44.6 Å². The summed E-state index contributed by atoms with van der Waals surface area (Å²) in [7, 11) is -4.56. The normalized spacial score (nSPS) is 15.5. The smallest absolute Gasteiger partial charge is 0.472 e. The maximum absolute atomic E-state index is 13.1. The van der Waals surface area contributed by atoms with E-state index in [0.29, 0.717) is 12.8 Å². The molecule has 13 nitrogen and oxygen atoms in total. The first kappa shape index (κ1) is 59.7. The van der Waals surface area contributed by atoms with Gasteiger partial charge in [0.1, 0.15) is 12.6 Å². The number of phosphoric ester groups is 1. The first-order valence-corrected chi connectivity index (χ1v) is 25.2. The lowest BCUT2D eigenvalue weighted by molar-refractivity contribution is -0.161. The number of esters is 2. The minimum atomic E-state index is -4.56. The number of hydrogen-bond acceptors (Lipinski definition) is 12. The largest absolute Gasteiger partial charge is 0.481 e. The second-order valence-electron chi connectivity index (χ2n) is 14.8. The Morgan fingerprint density at radius 2 is 1.25 bits per heavy atom. The first-order chi connectivity index (χ1) is 30.4. The molecular formula is C48H79N2O11PS. The lowest BCUT2D eigenvalue weighted by Gasteiger charge is -2.23. The zero-order valence-corrected chi connectivity index (χ0v) is 39.6. The number of hydrogen-bond donors (Lipinski definition) is 5. The number of phosphoric acid groups is 1. The van der Waals surface area contributed by atoms with E-state index in [2.05, 4.69) is 62.5 Å². The molecule has 0 aromatic heterocycles. The van der Waals surface area contributed by atoms with Crippen molar-refractivity contribution in [3.63, 3.8) is 0 Å². The number of allylic oxidation sites excluding steroid dienone is 15. The molecule has 0 radical (unpaired) electrons. The molecule has 0 heterocycles. The van der Waals surface area contributed by atoms with Crippen LogP contribution in [0.5, 0.6) is 0 Å². The van der Waals surface area contributed by atoms with E-state index in [9.17, 15) is 28.9 Å². The van der Waals surface area contributed by atoms with Gasteiger partial charge in [-0.2, -0.15) is 0 Å². The van der Waals surface area contributed by atoms with Gasteiger partial charge in [-0.25, -0.2) is 4.57 Å². The van der Waals surface area contributed by atoms with Crippen molar-refractivity contribution >= 4 is 37.5 Å². The third-order valence-electron chi connectivity index (χ3n) is 8.94. The van der Waals surface area contributed by atoms with Crippen LogP contribution < -0.4 is 11.5 Å². The molecule has 0 aromatic carbocycles. The van der Waals surface area contributed by atoms with E-state index >= 15 is 0 Å². The number of aliphatic hydroxyl groups excluding tert-OH is 1. The van der Waals surface area contributed by atoms with Crippen LogP contribution in [0.15, 0.2) is 97.2 Å². The Kier molecular flexibility index (Phi) is 40.4. The van der Waals surface area contributed by atoms with Gasteiger partial charge >= 0.3 is 25.7 Å². The zero-order valence-electron chi connectivity index (χ0n) is 37.9. The second kappa shape index (κ2) is 42.6. The number of unbranched alkanes of at least 4 members (excludes halogenated alkanes) is 7. The van der Waals surface area contributed by atoms with Crippen molar-refractivity contribution in [2.45, 2.75) is 153 Å². The van der Waals surface area contributed by atoms with Gasteiger partial charge in [0.05, 0.1) is 19.3 Å². The molecule has 0 aromatic rings. The Balaban J connectivity index is 5.17. The quantitative estimate of drug-likeness (QED) is 0.0127. The molecule has 1 unspecified atom stereocenters. The standard InChI is InChI=1S/C48H79N2O11PS/c1-3-5-7-9-11-13-15-17-18-19-20-21-23-25-27-29-31-36-47(54)58-39-42(40-60-62(56,57)59-38-37-49)61-48(55)43(50)41-63-45(44(51)33-32-35-46(52)53)34-30-28-26-24-22-16-14-12-10-8-6-4-2/h11-14,17-18,20-22,24-28,30,34,42-45,51H,3-10,15-16,19,23,29,31-33,35-41,49-50H2,1-2H3,(H,52,53)(H,56,57)/b13-11-,14-12-,18-17-,21-20-,24-22-,27-25-,28-26+,34-30+/t42-,43+,44+,45-/m1/s1. The number of nitrogens with two attached hydrogens (primary N) is 2. The molecule has 358 valence electrons. The van der Waals surface area contributed by atoms with E-state index in [0.717, 1.165) is 38.5 Å². The van der Waals surface area contributed by atoms with Crippen LogP contribution in [0, 0.1) is 0 Å². The van der Waals surface area contributed by atoms with Crippen molar-refractivity contribution in [3.8, 4) is 0 Å². The average Bonchev–Trinajstić information content (AvgIpc) is 3.25. The summed E-state index contributed by atoms with van der Waals surface area (Å²) in [6, 6.07) is -1.20. The number of carboxylic acids is 1. The number of aliphatic carboxylic acids is 1. The van der Waals surface area contributed by atoms with Crippen LogP contribution in [0.2, 0.25) is 0 Å². The lowest BCUT2D eigenvalue weighted by atomic mass is 10.1. The molecule has 63 heavy (non-hydrogen) atoms. The minimum Gasteiger partial charge on any atom is -0.481 e. The van der Waals surface area contributed by atoms with Gasteiger partial charge in [-0.1, -0.05) is 137 Å². The Bertz CT molecular complexity index is 1480. The molecule has 0 rings (SSSR count). The van der Waals surface area contributed by atoms with Crippen LogP contribution in [-0.2, 0) is 37.5 Å². The highest BCUT2D eigenvalue weighted by molar-refractivity contribution is 8.00. The zero-order chi connectivity index (χ0) is 46.7. The van der Waals surface area contributed by atoms with Crippen LogP contribution >= 0.6 is 19.6 Å². The Labute approximate surface area is 382 Å². The van der Waals surface area contributed by atoms with E-state index in [1.165, 1.54) is 50.3 Å². The molecule has 0 fully saturated rings. The molecule has 0 bridgehead atoms. The van der Waals surface area contributed by atoms with Gasteiger partial charge in [0.25, 0.3) is 0 Å². The summed E-state index contributed by atoms with van der Waals surface area (Å²) >= 11 is 1.19. The minimum absolute atomic E-state index is 0.000981. The second-order valence-corrected chi connectivity index (χ2v) is 17.4. The number of carbonyl (C=O) groups excluding carboxylic acids is 2. The molecular weight excluding hydrogens is 844 g/mol. The molecule has 0 aliphatic carbocycles. The van der Waals surface area contributed by atoms with Gasteiger partial charge in [0.15, 0.2) is 6.10 Å². The summed E-state index contributed by atoms with van der Waals surface area (Å²) < 4.78 is 32.9. The van der Waals surface area contributed by atoms with E-state index in [1.807, 2.05) is 36.5 Å². The molecule has 15 heteroatoms. The number of rotatable bonds is 41. The maximum atomic E-state index is 13.1. The van der Waals surface area contributed by atoms with E-state index in [4.69, 9.17) is 35.1 Å². The summed E-state index contributed by atoms with van der Waals surface area (Å²) in [5, 5.41) is 19.4. The van der Waals surface area contributed by atoms with Crippen molar-refractivity contribution in [3.05, 3.63) is 97.2 Å². The van der Waals surface area contributed by atoms with Crippen LogP contribution in [0.25, 0.3) is 0 Å². The highest BCUT2D eigenvalue weighted by atomic mass is 32.2. The Morgan fingerprint density at radius 3 is 1.83 bits per heavy atom. The van der Waals surface area contributed by atoms with Crippen molar-refractivity contribution in [1.82, 2.24) is 0 Å². The number of carboxylic acid groups (broad SMARTS) is 1. The Hall–Kier alpha value is -3.33. The van der Waals surface area contributed by atoms with Gasteiger partial charge in [-0.05, 0) is 77.0 Å².